The highest BCUT2D eigenvalue weighted by molar-refractivity contribution is 6.26. The van der Waals surface area contributed by atoms with Gasteiger partial charge in [0, 0.05) is 17.3 Å². The van der Waals surface area contributed by atoms with Gasteiger partial charge < -0.3 is 9.47 Å². The van der Waals surface area contributed by atoms with E-state index in [4.69, 9.17) is 9.47 Å². The summed E-state index contributed by atoms with van der Waals surface area (Å²) in [5, 5.41) is 0. The molecule has 132 valence electrons. The van der Waals surface area contributed by atoms with Crippen LogP contribution in [0.3, 0.4) is 0 Å². The molecule has 1 saturated carbocycles. The number of ketones is 2. The Balaban J connectivity index is 1.82. The van der Waals surface area contributed by atoms with E-state index in [1.807, 2.05) is 0 Å². The first kappa shape index (κ1) is 17.3. The molecule has 1 heterocycles. The number of fused-ring (bicyclic) bond motifs is 1. The zero-order valence-electron chi connectivity index (χ0n) is 14.5. The minimum atomic E-state index is -0.397. The van der Waals surface area contributed by atoms with Crippen LogP contribution < -0.4 is 0 Å². The van der Waals surface area contributed by atoms with Gasteiger partial charge in [-0.3, -0.25) is 19.4 Å². The Morgan fingerprint density at radius 2 is 1.92 bits per heavy atom. The standard InChI is InChI=1S/C19H21NO5/c1-11-16(21)13-8-9-20-14(15(13)17(22)18(11)24-2)10-25-19(23)12-6-4-3-5-7-12/h8-9,12H,3-7,10H2,1-2H3. The molecule has 6 heteroatoms. The molecule has 0 amide bonds. The van der Waals surface area contributed by atoms with Gasteiger partial charge in [0.15, 0.2) is 11.5 Å². The lowest BCUT2D eigenvalue weighted by Crippen LogP contribution is -2.25. The van der Waals surface area contributed by atoms with Crippen LogP contribution in [0.4, 0.5) is 0 Å². The Morgan fingerprint density at radius 3 is 2.60 bits per heavy atom. The van der Waals surface area contributed by atoms with Gasteiger partial charge in [-0.15, -0.1) is 0 Å². The maximum Gasteiger partial charge on any atom is 0.309 e. The minimum absolute atomic E-state index is 0.0188. The Kier molecular flexibility index (Phi) is 4.97. The number of ether oxygens (including phenoxy) is 2. The van der Waals surface area contributed by atoms with Crippen molar-refractivity contribution in [2.45, 2.75) is 45.6 Å². The van der Waals surface area contributed by atoms with Gasteiger partial charge in [0.1, 0.15) is 6.61 Å². The first-order chi connectivity index (χ1) is 12.0. The fraction of sp³-hybridized carbons (Fsp3) is 0.474. The molecule has 1 fully saturated rings. The van der Waals surface area contributed by atoms with Crippen molar-refractivity contribution in [3.8, 4) is 0 Å². The number of esters is 1. The molecule has 0 unspecified atom stereocenters. The van der Waals surface area contributed by atoms with Crippen molar-refractivity contribution in [2.75, 3.05) is 7.11 Å². The van der Waals surface area contributed by atoms with Crippen LogP contribution in [-0.4, -0.2) is 29.6 Å². The highest BCUT2D eigenvalue weighted by Crippen LogP contribution is 2.29. The van der Waals surface area contributed by atoms with E-state index in [0.717, 1.165) is 32.1 Å². The summed E-state index contributed by atoms with van der Waals surface area (Å²) in [5.74, 6) is -0.986. The van der Waals surface area contributed by atoms with Crippen LogP contribution in [0.2, 0.25) is 0 Å². The van der Waals surface area contributed by atoms with Crippen molar-refractivity contribution in [3.05, 3.63) is 40.4 Å². The minimum Gasteiger partial charge on any atom is -0.492 e. The van der Waals surface area contributed by atoms with E-state index < -0.39 is 5.78 Å². The van der Waals surface area contributed by atoms with Crippen LogP contribution in [0.5, 0.6) is 0 Å². The summed E-state index contributed by atoms with van der Waals surface area (Å²) in [5.41, 5.74) is 1.02. The number of aromatic nitrogens is 1. The molecule has 0 radical (unpaired) electrons. The van der Waals surface area contributed by atoms with Gasteiger partial charge in [-0.1, -0.05) is 19.3 Å². The fourth-order valence-corrected chi connectivity index (χ4v) is 3.49. The number of nitrogens with zero attached hydrogens (tertiary/aromatic N) is 1. The lowest BCUT2D eigenvalue weighted by atomic mass is 9.88. The lowest BCUT2D eigenvalue weighted by molar-refractivity contribution is -0.151. The third kappa shape index (κ3) is 3.21. The van der Waals surface area contributed by atoms with Gasteiger partial charge in [-0.2, -0.15) is 0 Å². The summed E-state index contributed by atoms with van der Waals surface area (Å²) in [6.07, 6.45) is 6.36. The van der Waals surface area contributed by atoms with Crippen molar-refractivity contribution in [3.63, 3.8) is 0 Å². The molecular formula is C19H21NO5. The molecule has 0 aliphatic heterocycles. The number of carbonyl (C=O) groups excluding carboxylic acids is 3. The molecule has 0 saturated heterocycles. The van der Waals surface area contributed by atoms with Crippen LogP contribution in [0.1, 0.15) is 65.4 Å². The van der Waals surface area contributed by atoms with Crippen LogP contribution in [-0.2, 0) is 20.9 Å². The highest BCUT2D eigenvalue weighted by Gasteiger charge is 2.34. The number of hydrogen-bond acceptors (Lipinski definition) is 6. The van der Waals surface area contributed by atoms with Gasteiger partial charge in [0.25, 0.3) is 0 Å². The van der Waals surface area contributed by atoms with E-state index in [2.05, 4.69) is 4.98 Å². The monoisotopic (exact) mass is 343 g/mol. The lowest BCUT2D eigenvalue weighted by Gasteiger charge is -2.21. The Morgan fingerprint density at radius 1 is 1.20 bits per heavy atom. The largest absolute Gasteiger partial charge is 0.492 e. The number of allylic oxidation sites excluding steroid dienone is 2. The predicted octanol–water partition coefficient (Wildman–Crippen LogP) is 3.00. The molecule has 0 spiro atoms. The average Bonchev–Trinajstić information content (AvgIpc) is 2.65. The van der Waals surface area contributed by atoms with Gasteiger partial charge in [0.2, 0.25) is 5.78 Å². The van der Waals surface area contributed by atoms with E-state index >= 15 is 0 Å². The number of pyridine rings is 1. The SMILES string of the molecule is COC1=C(C)C(=O)c2ccnc(COC(=O)C3CCCCC3)c2C1=O. The van der Waals surface area contributed by atoms with Crippen molar-refractivity contribution < 1.29 is 23.9 Å². The first-order valence-electron chi connectivity index (χ1n) is 8.53. The second kappa shape index (κ2) is 7.17. The predicted molar refractivity (Wildman–Crippen MR) is 89.0 cm³/mol. The summed E-state index contributed by atoms with van der Waals surface area (Å²) >= 11 is 0. The quantitative estimate of drug-likeness (QED) is 0.782. The molecule has 0 bridgehead atoms. The van der Waals surface area contributed by atoms with Crippen molar-refractivity contribution >= 4 is 17.5 Å². The Hall–Kier alpha value is -2.50. The van der Waals surface area contributed by atoms with Crippen molar-refractivity contribution in [1.29, 1.82) is 0 Å². The zero-order chi connectivity index (χ0) is 18.0. The van der Waals surface area contributed by atoms with Gasteiger partial charge in [-0.05, 0) is 25.8 Å². The molecule has 25 heavy (non-hydrogen) atoms. The van der Waals surface area contributed by atoms with Crippen LogP contribution >= 0.6 is 0 Å². The fourth-order valence-electron chi connectivity index (χ4n) is 3.49. The van der Waals surface area contributed by atoms with E-state index in [1.54, 1.807) is 6.92 Å². The van der Waals surface area contributed by atoms with E-state index in [0.29, 0.717) is 5.69 Å². The van der Waals surface area contributed by atoms with E-state index in [-0.39, 0.29) is 46.7 Å². The number of rotatable bonds is 4. The summed E-state index contributed by atoms with van der Waals surface area (Å²) in [7, 11) is 1.36. The second-order valence-electron chi connectivity index (χ2n) is 6.44. The third-order valence-corrected chi connectivity index (χ3v) is 4.88. The number of Topliss-reactive ketones (excluding diaryl/α,β-unsaturated/α-hetero) is 2. The second-order valence-corrected chi connectivity index (χ2v) is 6.44. The first-order valence-corrected chi connectivity index (χ1v) is 8.53. The summed E-state index contributed by atoms with van der Waals surface area (Å²) in [6.45, 7) is 1.44. The number of hydrogen-bond donors (Lipinski definition) is 0. The number of methoxy groups -OCH3 is 1. The molecule has 3 rings (SSSR count). The Labute approximate surface area is 146 Å². The maximum absolute atomic E-state index is 12.7. The molecule has 0 aromatic carbocycles. The van der Waals surface area contributed by atoms with Gasteiger partial charge in [-0.25, -0.2) is 0 Å². The van der Waals surface area contributed by atoms with Gasteiger partial charge in [0.05, 0.1) is 24.3 Å². The number of carbonyl (C=O) groups is 3. The maximum atomic E-state index is 12.7. The molecule has 1 aromatic rings. The summed E-state index contributed by atoms with van der Waals surface area (Å²) in [6, 6.07) is 1.51. The molecular weight excluding hydrogens is 322 g/mol. The molecule has 6 nitrogen and oxygen atoms in total. The van der Waals surface area contributed by atoms with Crippen LogP contribution in [0.15, 0.2) is 23.6 Å². The third-order valence-electron chi connectivity index (χ3n) is 4.88. The van der Waals surface area contributed by atoms with E-state index in [1.165, 1.54) is 19.4 Å². The molecule has 0 atom stereocenters. The summed E-state index contributed by atoms with van der Waals surface area (Å²) in [4.78, 5) is 41.5. The molecule has 1 aromatic heterocycles. The van der Waals surface area contributed by atoms with Crippen LogP contribution in [0, 0.1) is 5.92 Å². The van der Waals surface area contributed by atoms with Gasteiger partial charge >= 0.3 is 5.97 Å². The van der Waals surface area contributed by atoms with Crippen LogP contribution in [0.25, 0.3) is 0 Å². The Bertz CT molecular complexity index is 759. The normalized spacial score (nSPS) is 18.2. The van der Waals surface area contributed by atoms with E-state index in [9.17, 15) is 14.4 Å². The topological polar surface area (TPSA) is 82.6 Å². The zero-order valence-corrected chi connectivity index (χ0v) is 14.5. The van der Waals surface area contributed by atoms with Crippen molar-refractivity contribution in [2.24, 2.45) is 5.92 Å². The summed E-state index contributed by atoms with van der Waals surface area (Å²) < 4.78 is 10.5. The molecule has 2 aliphatic rings. The highest BCUT2D eigenvalue weighted by atomic mass is 16.5. The molecule has 2 aliphatic carbocycles. The van der Waals surface area contributed by atoms with Crippen molar-refractivity contribution in [1.82, 2.24) is 4.98 Å². The smallest absolute Gasteiger partial charge is 0.309 e. The average molecular weight is 343 g/mol. The molecule has 0 N–H and O–H groups in total.